The molecule has 1 N–H and O–H groups in total. The fraction of sp³-hybridized carbons (Fsp3) is 0.385. The number of amides is 1. The summed E-state index contributed by atoms with van der Waals surface area (Å²) in [6.07, 6.45) is 0. The van der Waals surface area contributed by atoms with E-state index in [1.54, 1.807) is 18.2 Å². The minimum Gasteiger partial charge on any atom is -0.484 e. The Hall–Kier alpha value is -1.46. The second kappa shape index (κ2) is 7.36. The zero-order chi connectivity index (χ0) is 15.3. The van der Waals surface area contributed by atoms with Crippen molar-refractivity contribution in [1.82, 2.24) is 4.90 Å². The van der Waals surface area contributed by atoms with Crippen molar-refractivity contribution in [3.63, 3.8) is 0 Å². The Bertz CT molecular complexity index is 487. The zero-order valence-electron chi connectivity index (χ0n) is 11.1. The van der Waals surface area contributed by atoms with E-state index in [0.717, 1.165) is 0 Å². The molecule has 0 saturated carbocycles. The van der Waals surface area contributed by atoms with Gasteiger partial charge in [0.15, 0.2) is 6.61 Å². The van der Waals surface area contributed by atoms with Crippen molar-refractivity contribution in [3.05, 3.63) is 28.2 Å². The number of hydrogen-bond donors (Lipinski definition) is 1. The summed E-state index contributed by atoms with van der Waals surface area (Å²) in [5.41, 5.74) is 0. The molecule has 7 heteroatoms. The van der Waals surface area contributed by atoms with Crippen LogP contribution in [0, 0.1) is 5.92 Å². The minimum absolute atomic E-state index is 0.119. The van der Waals surface area contributed by atoms with Gasteiger partial charge in [-0.15, -0.1) is 0 Å². The van der Waals surface area contributed by atoms with E-state index in [4.69, 9.17) is 33.0 Å². The lowest BCUT2D eigenvalue weighted by Gasteiger charge is -2.19. The van der Waals surface area contributed by atoms with Crippen molar-refractivity contribution < 1.29 is 19.4 Å². The molecule has 1 atom stereocenters. The van der Waals surface area contributed by atoms with Crippen LogP contribution in [0.25, 0.3) is 0 Å². The number of carbonyl (C=O) groups excluding carboxylic acids is 1. The van der Waals surface area contributed by atoms with Crippen LogP contribution in [0.3, 0.4) is 0 Å². The van der Waals surface area contributed by atoms with E-state index in [9.17, 15) is 9.59 Å². The van der Waals surface area contributed by atoms with E-state index in [-0.39, 0.29) is 19.1 Å². The van der Waals surface area contributed by atoms with Crippen LogP contribution in [-0.4, -0.2) is 42.1 Å². The maximum Gasteiger partial charge on any atom is 0.308 e. The third-order valence-corrected chi connectivity index (χ3v) is 3.03. The number of rotatable bonds is 6. The van der Waals surface area contributed by atoms with Crippen molar-refractivity contribution in [1.29, 1.82) is 0 Å². The molecule has 0 radical (unpaired) electrons. The second-order valence-electron chi connectivity index (χ2n) is 4.41. The summed E-state index contributed by atoms with van der Waals surface area (Å²) in [7, 11) is 1.52. The highest BCUT2D eigenvalue weighted by Crippen LogP contribution is 2.24. The number of benzene rings is 1. The molecule has 1 amide bonds. The SMILES string of the molecule is CC(CN(C)C(=O)COc1cc(Cl)cc(Cl)c1)C(=O)O. The summed E-state index contributed by atoms with van der Waals surface area (Å²) in [5.74, 6) is -1.53. The Morgan fingerprint density at radius 1 is 1.30 bits per heavy atom. The maximum atomic E-state index is 11.8. The van der Waals surface area contributed by atoms with Gasteiger partial charge in [0, 0.05) is 23.6 Å². The molecule has 0 bridgehead atoms. The van der Waals surface area contributed by atoms with Gasteiger partial charge in [-0.05, 0) is 18.2 Å². The zero-order valence-corrected chi connectivity index (χ0v) is 12.6. The molecule has 0 saturated heterocycles. The summed E-state index contributed by atoms with van der Waals surface area (Å²) in [5, 5.41) is 9.60. The van der Waals surface area contributed by atoms with Gasteiger partial charge in [-0.3, -0.25) is 9.59 Å². The third-order valence-electron chi connectivity index (χ3n) is 2.59. The van der Waals surface area contributed by atoms with Gasteiger partial charge in [0.05, 0.1) is 5.92 Å². The van der Waals surface area contributed by atoms with Gasteiger partial charge in [-0.2, -0.15) is 0 Å². The minimum atomic E-state index is -0.952. The highest BCUT2D eigenvalue weighted by atomic mass is 35.5. The number of carbonyl (C=O) groups is 2. The molecule has 1 rings (SSSR count). The smallest absolute Gasteiger partial charge is 0.308 e. The lowest BCUT2D eigenvalue weighted by molar-refractivity contribution is -0.143. The molecule has 0 aliphatic carbocycles. The standard InChI is InChI=1S/C13H15Cl2NO4/c1-8(13(18)19)6-16(2)12(17)7-20-11-4-9(14)3-10(15)5-11/h3-5,8H,6-7H2,1-2H3,(H,18,19). The Balaban J connectivity index is 2.52. The number of likely N-dealkylation sites (N-methyl/N-ethyl adjacent to an activating group) is 1. The highest BCUT2D eigenvalue weighted by molar-refractivity contribution is 6.34. The molecule has 110 valence electrons. The van der Waals surface area contributed by atoms with E-state index in [1.807, 2.05) is 0 Å². The van der Waals surface area contributed by atoms with Crippen molar-refractivity contribution in [2.75, 3.05) is 20.2 Å². The van der Waals surface area contributed by atoms with Gasteiger partial charge in [0.2, 0.25) is 0 Å². The lowest BCUT2D eigenvalue weighted by Crippen LogP contribution is -2.36. The average molecular weight is 320 g/mol. The molecule has 0 aliphatic rings. The summed E-state index contributed by atoms with van der Waals surface area (Å²) in [4.78, 5) is 23.8. The summed E-state index contributed by atoms with van der Waals surface area (Å²) >= 11 is 11.6. The number of nitrogens with zero attached hydrogens (tertiary/aromatic N) is 1. The molecule has 0 fully saturated rings. The Labute approximate surface area is 127 Å². The first-order valence-electron chi connectivity index (χ1n) is 5.85. The van der Waals surface area contributed by atoms with Crippen molar-refractivity contribution in [3.8, 4) is 5.75 Å². The molecule has 0 spiro atoms. The maximum absolute atomic E-state index is 11.8. The Morgan fingerprint density at radius 3 is 2.35 bits per heavy atom. The fourth-order valence-corrected chi connectivity index (χ4v) is 1.96. The van der Waals surface area contributed by atoms with Crippen LogP contribution in [0.5, 0.6) is 5.75 Å². The monoisotopic (exact) mass is 319 g/mol. The van der Waals surface area contributed by atoms with Crippen molar-refractivity contribution >= 4 is 35.1 Å². The lowest BCUT2D eigenvalue weighted by atomic mass is 10.2. The van der Waals surface area contributed by atoms with Crippen LogP contribution >= 0.6 is 23.2 Å². The molecule has 0 aromatic heterocycles. The van der Waals surface area contributed by atoms with Gasteiger partial charge in [-0.1, -0.05) is 30.1 Å². The molecule has 1 aromatic carbocycles. The molecular weight excluding hydrogens is 305 g/mol. The predicted octanol–water partition coefficient (Wildman–Crippen LogP) is 2.55. The molecule has 1 aromatic rings. The quantitative estimate of drug-likeness (QED) is 0.875. The molecule has 5 nitrogen and oxygen atoms in total. The van der Waals surface area contributed by atoms with E-state index >= 15 is 0 Å². The summed E-state index contributed by atoms with van der Waals surface area (Å²) in [6.45, 7) is 1.44. The van der Waals surface area contributed by atoms with Crippen LogP contribution < -0.4 is 4.74 Å². The third kappa shape index (κ3) is 5.27. The van der Waals surface area contributed by atoms with Gasteiger partial charge in [0.1, 0.15) is 5.75 Å². The first-order valence-corrected chi connectivity index (χ1v) is 6.61. The van der Waals surface area contributed by atoms with E-state index < -0.39 is 11.9 Å². The highest BCUT2D eigenvalue weighted by Gasteiger charge is 2.17. The Kier molecular flexibility index (Phi) is 6.10. The largest absolute Gasteiger partial charge is 0.484 e. The van der Waals surface area contributed by atoms with Crippen molar-refractivity contribution in [2.24, 2.45) is 5.92 Å². The molecule has 0 aliphatic heterocycles. The van der Waals surface area contributed by atoms with Crippen LogP contribution in [0.2, 0.25) is 10.0 Å². The predicted molar refractivity (Wildman–Crippen MR) is 76.4 cm³/mol. The van der Waals surface area contributed by atoms with Gasteiger partial charge in [-0.25, -0.2) is 0 Å². The van der Waals surface area contributed by atoms with Crippen LogP contribution in [0.4, 0.5) is 0 Å². The van der Waals surface area contributed by atoms with Gasteiger partial charge < -0.3 is 14.7 Å². The fourth-order valence-electron chi connectivity index (χ4n) is 1.46. The topological polar surface area (TPSA) is 66.8 Å². The molecular formula is C13H15Cl2NO4. The normalized spacial score (nSPS) is 11.8. The van der Waals surface area contributed by atoms with Crippen LogP contribution in [0.1, 0.15) is 6.92 Å². The van der Waals surface area contributed by atoms with E-state index in [0.29, 0.717) is 15.8 Å². The number of halogens is 2. The first-order chi connectivity index (χ1) is 9.29. The van der Waals surface area contributed by atoms with Gasteiger partial charge in [0.25, 0.3) is 5.91 Å². The molecule has 0 heterocycles. The summed E-state index contributed by atoms with van der Waals surface area (Å²) in [6, 6.07) is 4.64. The number of aliphatic carboxylic acids is 1. The van der Waals surface area contributed by atoms with Crippen LogP contribution in [-0.2, 0) is 9.59 Å². The van der Waals surface area contributed by atoms with Crippen molar-refractivity contribution in [2.45, 2.75) is 6.92 Å². The number of ether oxygens (including phenoxy) is 1. The van der Waals surface area contributed by atoms with Crippen LogP contribution in [0.15, 0.2) is 18.2 Å². The molecule has 20 heavy (non-hydrogen) atoms. The number of hydrogen-bond acceptors (Lipinski definition) is 3. The van der Waals surface area contributed by atoms with Gasteiger partial charge >= 0.3 is 5.97 Å². The Morgan fingerprint density at radius 2 is 1.85 bits per heavy atom. The number of carboxylic acids is 1. The summed E-state index contributed by atoms with van der Waals surface area (Å²) < 4.78 is 5.29. The van der Waals surface area contributed by atoms with E-state index in [2.05, 4.69) is 0 Å². The second-order valence-corrected chi connectivity index (χ2v) is 5.28. The first kappa shape index (κ1) is 16.6. The number of carboxylic acid groups (broad SMARTS) is 1. The van der Waals surface area contributed by atoms with E-state index in [1.165, 1.54) is 18.9 Å². The molecule has 1 unspecified atom stereocenters. The average Bonchev–Trinajstić information content (AvgIpc) is 2.34.